The Labute approximate surface area is 257 Å². The van der Waals surface area contributed by atoms with Crippen LogP contribution in [0.15, 0.2) is 110 Å². The van der Waals surface area contributed by atoms with Crippen molar-refractivity contribution in [2.24, 2.45) is 0 Å². The number of rotatable bonds is 15. The molecule has 226 valence electrons. The zero-order chi connectivity index (χ0) is 31.1. The Morgan fingerprint density at radius 2 is 0.955 bits per heavy atom. The van der Waals surface area contributed by atoms with Gasteiger partial charge in [0.15, 0.2) is 0 Å². The molecule has 44 heavy (non-hydrogen) atoms. The molecule has 0 aliphatic rings. The molecule has 0 heterocycles. The van der Waals surface area contributed by atoms with Crippen molar-refractivity contribution in [3.63, 3.8) is 0 Å². The molecule has 0 aliphatic carbocycles. The average Bonchev–Trinajstić information content (AvgIpc) is 3.04. The number of halogens is 1. The fraction of sp³-hybridized carbons (Fsp3) is 0.216. The van der Waals surface area contributed by atoms with Gasteiger partial charge in [0.1, 0.15) is 23.1 Å². The largest absolute Gasteiger partial charge is 0.427 e. The number of unbranched alkanes of at least 4 members (excludes halogenated alkanes) is 6. The van der Waals surface area contributed by atoms with Gasteiger partial charge in [0.2, 0.25) is 0 Å². The van der Waals surface area contributed by atoms with E-state index in [4.69, 9.17) is 14.2 Å². The summed E-state index contributed by atoms with van der Waals surface area (Å²) in [6.45, 7) is 3.73. The fourth-order valence-electron chi connectivity index (χ4n) is 4.46. The molecule has 0 unspecified atom stereocenters. The van der Waals surface area contributed by atoms with E-state index in [0.29, 0.717) is 29.2 Å². The van der Waals surface area contributed by atoms with Crippen LogP contribution >= 0.6 is 0 Å². The Morgan fingerprint density at radius 3 is 1.45 bits per heavy atom. The molecule has 0 saturated heterocycles. The molecule has 4 aromatic carbocycles. The number of ether oxygens (including phenoxy) is 3. The van der Waals surface area contributed by atoms with Crippen molar-refractivity contribution in [2.45, 2.75) is 51.4 Å². The summed E-state index contributed by atoms with van der Waals surface area (Å²) < 4.78 is 29.3. The van der Waals surface area contributed by atoms with Gasteiger partial charge in [-0.3, -0.25) is 4.79 Å². The summed E-state index contributed by atoms with van der Waals surface area (Å²) in [5, 5.41) is 0. The van der Waals surface area contributed by atoms with Crippen molar-refractivity contribution in [1.82, 2.24) is 0 Å². The van der Waals surface area contributed by atoms with Crippen LogP contribution in [0, 0.1) is 5.82 Å². The van der Waals surface area contributed by atoms with Crippen LogP contribution in [0.1, 0.15) is 72.1 Å². The van der Waals surface area contributed by atoms with Crippen molar-refractivity contribution in [3.05, 3.63) is 127 Å². The van der Waals surface area contributed by atoms with Gasteiger partial charge >= 0.3 is 17.9 Å². The topological polar surface area (TPSA) is 78.9 Å². The van der Waals surface area contributed by atoms with E-state index in [9.17, 15) is 18.8 Å². The maximum Gasteiger partial charge on any atom is 0.343 e. The highest BCUT2D eigenvalue weighted by molar-refractivity contribution is 5.92. The van der Waals surface area contributed by atoms with Crippen LogP contribution in [-0.4, -0.2) is 17.9 Å². The molecule has 0 aliphatic heterocycles. The molecule has 0 saturated carbocycles. The highest BCUT2D eigenvalue weighted by Crippen LogP contribution is 2.26. The summed E-state index contributed by atoms with van der Waals surface area (Å²) in [7, 11) is 0. The fourth-order valence-corrected chi connectivity index (χ4v) is 4.46. The Morgan fingerprint density at radius 1 is 0.545 bits per heavy atom. The first kappa shape index (κ1) is 31.9. The van der Waals surface area contributed by atoms with Crippen molar-refractivity contribution < 1.29 is 33.0 Å². The van der Waals surface area contributed by atoms with Crippen LogP contribution in [0.3, 0.4) is 0 Å². The second-order valence-electron chi connectivity index (χ2n) is 10.3. The minimum Gasteiger partial charge on any atom is -0.427 e. The standard InChI is InChI=1S/C37H35FO6/c1-2-3-4-5-6-7-8-9-10-35(39)42-32-25-17-30(18-26-32)37(41)44-34-23-15-28(16-24-34)27-13-21-33(22-14-27)43-36(40)29-11-19-31(38)20-12-29/h2,11-26H,1,3-10H2. The first-order valence-electron chi connectivity index (χ1n) is 14.7. The lowest BCUT2D eigenvalue weighted by molar-refractivity contribution is -0.134. The summed E-state index contributed by atoms with van der Waals surface area (Å²) in [5.74, 6) is -0.704. The summed E-state index contributed by atoms with van der Waals surface area (Å²) in [6.07, 6.45) is 9.78. The Bertz CT molecular complexity index is 1530. The van der Waals surface area contributed by atoms with Crippen LogP contribution in [0.25, 0.3) is 11.1 Å². The van der Waals surface area contributed by atoms with E-state index in [1.54, 1.807) is 60.7 Å². The summed E-state index contributed by atoms with van der Waals surface area (Å²) in [4.78, 5) is 37.0. The van der Waals surface area contributed by atoms with Gasteiger partial charge in [0.05, 0.1) is 11.1 Å². The van der Waals surface area contributed by atoms with E-state index in [-0.39, 0.29) is 11.5 Å². The van der Waals surface area contributed by atoms with Gasteiger partial charge in [0, 0.05) is 6.42 Å². The van der Waals surface area contributed by atoms with E-state index in [1.807, 2.05) is 18.2 Å². The van der Waals surface area contributed by atoms with Crippen molar-refractivity contribution in [2.75, 3.05) is 0 Å². The van der Waals surface area contributed by atoms with Gasteiger partial charge in [-0.05, 0) is 103 Å². The van der Waals surface area contributed by atoms with Gasteiger partial charge in [-0.15, -0.1) is 6.58 Å². The Balaban J connectivity index is 1.21. The third-order valence-corrected chi connectivity index (χ3v) is 6.90. The first-order chi connectivity index (χ1) is 21.4. The number of allylic oxidation sites excluding steroid dienone is 1. The molecule has 7 heteroatoms. The maximum absolute atomic E-state index is 13.1. The molecule has 0 fully saturated rings. The molecule has 6 nitrogen and oxygen atoms in total. The van der Waals surface area contributed by atoms with Gasteiger partial charge < -0.3 is 14.2 Å². The third kappa shape index (κ3) is 10.1. The number of carbonyl (C=O) groups excluding carboxylic acids is 3. The van der Waals surface area contributed by atoms with Gasteiger partial charge in [-0.25, -0.2) is 14.0 Å². The summed E-state index contributed by atoms with van der Waals surface area (Å²) in [5.41, 5.74) is 2.32. The van der Waals surface area contributed by atoms with Crippen LogP contribution in [-0.2, 0) is 4.79 Å². The molecule has 0 spiro atoms. The predicted octanol–water partition coefficient (Wildman–Crippen LogP) is 9.14. The normalized spacial score (nSPS) is 10.6. The summed E-state index contributed by atoms with van der Waals surface area (Å²) >= 11 is 0. The molecular weight excluding hydrogens is 559 g/mol. The molecular formula is C37H35FO6. The quantitative estimate of drug-likeness (QED) is 0.0591. The first-order valence-corrected chi connectivity index (χ1v) is 14.7. The second kappa shape index (κ2) is 16.6. The smallest absolute Gasteiger partial charge is 0.343 e. The van der Waals surface area contributed by atoms with E-state index >= 15 is 0 Å². The molecule has 0 amide bonds. The monoisotopic (exact) mass is 594 g/mol. The summed E-state index contributed by atoms with van der Waals surface area (Å²) in [6, 6.07) is 25.4. The Hall–Kier alpha value is -5.04. The van der Waals surface area contributed by atoms with E-state index in [0.717, 1.165) is 36.8 Å². The minimum absolute atomic E-state index is 0.252. The minimum atomic E-state index is -0.577. The highest BCUT2D eigenvalue weighted by Gasteiger charge is 2.12. The van der Waals surface area contributed by atoms with Crippen molar-refractivity contribution >= 4 is 17.9 Å². The lowest BCUT2D eigenvalue weighted by Gasteiger charge is -2.08. The number of carbonyl (C=O) groups is 3. The SMILES string of the molecule is C=CCCCCCCCCC(=O)Oc1ccc(C(=O)Oc2ccc(-c3ccc(OC(=O)c4ccc(F)cc4)cc3)cc2)cc1. The van der Waals surface area contributed by atoms with Crippen molar-refractivity contribution in [1.29, 1.82) is 0 Å². The number of hydrogen-bond acceptors (Lipinski definition) is 6. The van der Waals surface area contributed by atoms with E-state index in [2.05, 4.69) is 6.58 Å². The predicted molar refractivity (Wildman–Crippen MR) is 167 cm³/mol. The van der Waals surface area contributed by atoms with Crippen LogP contribution in [0.5, 0.6) is 17.2 Å². The van der Waals surface area contributed by atoms with Crippen molar-refractivity contribution in [3.8, 4) is 28.4 Å². The lowest BCUT2D eigenvalue weighted by atomic mass is 10.1. The molecule has 0 radical (unpaired) electrons. The van der Waals surface area contributed by atoms with Gasteiger partial charge in [0.25, 0.3) is 0 Å². The molecule has 0 atom stereocenters. The number of hydrogen-bond donors (Lipinski definition) is 0. The van der Waals surface area contributed by atoms with Crippen LogP contribution in [0.4, 0.5) is 4.39 Å². The number of esters is 3. The molecule has 4 aromatic rings. The van der Waals surface area contributed by atoms with E-state index in [1.165, 1.54) is 43.5 Å². The molecule has 0 N–H and O–H groups in total. The van der Waals surface area contributed by atoms with Crippen LogP contribution < -0.4 is 14.2 Å². The number of benzene rings is 4. The Kier molecular flexibility index (Phi) is 12.0. The second-order valence-corrected chi connectivity index (χ2v) is 10.3. The van der Waals surface area contributed by atoms with Gasteiger partial charge in [-0.1, -0.05) is 56.0 Å². The van der Waals surface area contributed by atoms with Crippen LogP contribution in [0.2, 0.25) is 0 Å². The zero-order valence-electron chi connectivity index (χ0n) is 24.5. The van der Waals surface area contributed by atoms with E-state index < -0.39 is 17.8 Å². The zero-order valence-corrected chi connectivity index (χ0v) is 24.5. The average molecular weight is 595 g/mol. The maximum atomic E-state index is 13.1. The molecule has 4 rings (SSSR count). The molecule has 0 aromatic heterocycles. The highest BCUT2D eigenvalue weighted by atomic mass is 19.1. The van der Waals surface area contributed by atoms with Gasteiger partial charge in [-0.2, -0.15) is 0 Å². The molecule has 0 bridgehead atoms. The lowest BCUT2D eigenvalue weighted by Crippen LogP contribution is -2.10. The third-order valence-electron chi connectivity index (χ3n) is 6.90.